The number of rotatable bonds is 7. The van der Waals surface area contributed by atoms with Crippen molar-refractivity contribution in [1.29, 1.82) is 0 Å². The van der Waals surface area contributed by atoms with Crippen molar-refractivity contribution in [2.45, 2.75) is 38.8 Å². The van der Waals surface area contributed by atoms with Crippen LogP contribution in [0.4, 0.5) is 0 Å². The Hall–Kier alpha value is -2.87. The van der Waals surface area contributed by atoms with Gasteiger partial charge in [0.15, 0.2) is 0 Å². The molecule has 1 saturated heterocycles. The zero-order valence-corrected chi connectivity index (χ0v) is 17.1. The summed E-state index contributed by atoms with van der Waals surface area (Å²) in [6, 6.07) is 11.7. The molecule has 0 unspecified atom stereocenters. The minimum Gasteiger partial charge on any atom is -0.494 e. The third kappa shape index (κ3) is 4.27. The van der Waals surface area contributed by atoms with Gasteiger partial charge in [-0.1, -0.05) is 18.2 Å². The van der Waals surface area contributed by atoms with Gasteiger partial charge in [-0.2, -0.15) is 4.68 Å². The number of hydrogen-bond acceptors (Lipinski definition) is 6. The summed E-state index contributed by atoms with van der Waals surface area (Å²) in [5.74, 6) is 0.615. The highest BCUT2D eigenvalue weighted by atomic mass is 32.1. The molecule has 1 fully saturated rings. The summed E-state index contributed by atoms with van der Waals surface area (Å²) in [6.45, 7) is 3.52. The first-order valence-electron chi connectivity index (χ1n) is 9.79. The van der Waals surface area contributed by atoms with Gasteiger partial charge in [0.05, 0.1) is 24.1 Å². The van der Waals surface area contributed by atoms with Gasteiger partial charge in [0.25, 0.3) is 5.89 Å². The van der Waals surface area contributed by atoms with Crippen LogP contribution in [0.15, 0.2) is 51.0 Å². The normalized spacial score (nSPS) is 16.3. The summed E-state index contributed by atoms with van der Waals surface area (Å²) >= 11 is 1.45. The number of aryl methyl sites for hydroxylation is 1. The van der Waals surface area contributed by atoms with Crippen LogP contribution in [-0.4, -0.2) is 33.7 Å². The lowest BCUT2D eigenvalue weighted by molar-refractivity contribution is -0.132. The van der Waals surface area contributed by atoms with E-state index in [-0.39, 0.29) is 24.9 Å². The molecular formula is C21H23N3O4S. The SMILES string of the molecule is CCOc1ccc([C@@H]2CCCN2C(=O)CCn2nc(-c3cccs3)oc2=O)cc1. The van der Waals surface area contributed by atoms with E-state index >= 15 is 0 Å². The van der Waals surface area contributed by atoms with Crippen molar-refractivity contribution in [2.24, 2.45) is 0 Å². The maximum Gasteiger partial charge on any atom is 0.437 e. The van der Waals surface area contributed by atoms with Crippen molar-refractivity contribution in [2.75, 3.05) is 13.2 Å². The number of ether oxygens (including phenoxy) is 1. The topological polar surface area (TPSA) is 77.6 Å². The maximum atomic E-state index is 12.8. The molecule has 1 aromatic carbocycles. The fourth-order valence-corrected chi connectivity index (χ4v) is 4.30. The number of hydrogen-bond donors (Lipinski definition) is 0. The molecular weight excluding hydrogens is 390 g/mol. The highest BCUT2D eigenvalue weighted by Crippen LogP contribution is 2.33. The molecule has 0 saturated carbocycles. The Labute approximate surface area is 172 Å². The predicted octanol–water partition coefficient (Wildman–Crippen LogP) is 3.72. The van der Waals surface area contributed by atoms with E-state index in [9.17, 15) is 9.59 Å². The highest BCUT2D eigenvalue weighted by molar-refractivity contribution is 7.13. The van der Waals surface area contributed by atoms with Gasteiger partial charge >= 0.3 is 5.76 Å². The number of amides is 1. The van der Waals surface area contributed by atoms with Gasteiger partial charge in [-0.15, -0.1) is 16.4 Å². The average Bonchev–Trinajstić information content (AvgIpc) is 3.48. The molecule has 3 aromatic rings. The Morgan fingerprint density at radius 1 is 1.31 bits per heavy atom. The van der Waals surface area contributed by atoms with E-state index in [0.717, 1.165) is 35.6 Å². The van der Waals surface area contributed by atoms with Crippen molar-refractivity contribution >= 4 is 17.2 Å². The van der Waals surface area contributed by atoms with E-state index in [4.69, 9.17) is 9.15 Å². The van der Waals surface area contributed by atoms with Crippen LogP contribution in [0.5, 0.6) is 5.75 Å². The minimum atomic E-state index is -0.536. The molecule has 0 aliphatic carbocycles. The van der Waals surface area contributed by atoms with E-state index in [1.165, 1.54) is 16.0 Å². The standard InChI is InChI=1S/C21H23N3O4S/c1-2-27-16-9-7-15(8-10-16)17-5-3-12-23(17)19(25)11-13-24-21(26)28-20(22-24)18-6-4-14-29-18/h4,6-10,14,17H,2-3,5,11-13H2,1H3/t17-/m0/s1. The van der Waals surface area contributed by atoms with Crippen LogP contribution < -0.4 is 10.5 Å². The molecule has 3 heterocycles. The Bertz CT molecular complexity index is 1010. The second-order valence-electron chi connectivity index (χ2n) is 6.87. The van der Waals surface area contributed by atoms with Crippen molar-refractivity contribution < 1.29 is 13.9 Å². The number of carbonyl (C=O) groups is 1. The Morgan fingerprint density at radius 3 is 2.86 bits per heavy atom. The van der Waals surface area contributed by atoms with Gasteiger partial charge in [-0.3, -0.25) is 4.79 Å². The molecule has 0 spiro atoms. The zero-order chi connectivity index (χ0) is 20.2. The number of benzene rings is 1. The van der Waals surface area contributed by atoms with Gasteiger partial charge < -0.3 is 14.1 Å². The maximum absolute atomic E-state index is 12.8. The lowest BCUT2D eigenvalue weighted by atomic mass is 10.0. The first-order chi connectivity index (χ1) is 14.2. The number of likely N-dealkylation sites (tertiary alicyclic amines) is 1. The van der Waals surface area contributed by atoms with E-state index in [1.807, 2.05) is 53.6 Å². The first-order valence-corrected chi connectivity index (χ1v) is 10.7. The monoisotopic (exact) mass is 413 g/mol. The third-order valence-corrected chi connectivity index (χ3v) is 5.88. The number of aromatic nitrogens is 2. The fraction of sp³-hybridized carbons (Fsp3) is 0.381. The van der Waals surface area contributed by atoms with Crippen molar-refractivity contribution in [3.05, 3.63) is 57.9 Å². The summed E-state index contributed by atoms with van der Waals surface area (Å²) in [5.41, 5.74) is 1.11. The van der Waals surface area contributed by atoms with E-state index in [2.05, 4.69) is 5.10 Å². The molecule has 4 rings (SSSR count). The Morgan fingerprint density at radius 2 is 2.14 bits per heavy atom. The van der Waals surface area contributed by atoms with Gasteiger partial charge in [0.1, 0.15) is 5.75 Å². The Kier molecular flexibility index (Phi) is 5.80. The van der Waals surface area contributed by atoms with Crippen LogP contribution >= 0.6 is 11.3 Å². The quantitative estimate of drug-likeness (QED) is 0.590. The van der Waals surface area contributed by atoms with Gasteiger partial charge in [0, 0.05) is 13.0 Å². The summed E-state index contributed by atoms with van der Waals surface area (Å²) < 4.78 is 11.9. The predicted molar refractivity (Wildman–Crippen MR) is 110 cm³/mol. The summed E-state index contributed by atoms with van der Waals surface area (Å²) in [5, 5.41) is 6.11. The lowest BCUT2D eigenvalue weighted by Gasteiger charge is -2.25. The summed E-state index contributed by atoms with van der Waals surface area (Å²) in [6.07, 6.45) is 2.12. The lowest BCUT2D eigenvalue weighted by Crippen LogP contribution is -2.32. The number of carbonyl (C=O) groups excluding carboxylic acids is 1. The first kappa shape index (κ1) is 19.4. The fourth-order valence-electron chi connectivity index (χ4n) is 3.66. The van der Waals surface area contributed by atoms with Crippen LogP contribution in [0.1, 0.15) is 37.8 Å². The Balaban J connectivity index is 1.41. The molecule has 1 atom stereocenters. The molecule has 29 heavy (non-hydrogen) atoms. The average molecular weight is 413 g/mol. The molecule has 8 heteroatoms. The molecule has 7 nitrogen and oxygen atoms in total. The number of nitrogens with zero attached hydrogens (tertiary/aromatic N) is 3. The third-order valence-electron chi connectivity index (χ3n) is 5.02. The van der Waals surface area contributed by atoms with E-state index < -0.39 is 5.76 Å². The van der Waals surface area contributed by atoms with Crippen molar-refractivity contribution in [3.63, 3.8) is 0 Å². The van der Waals surface area contributed by atoms with Crippen LogP contribution in [0, 0.1) is 0 Å². The van der Waals surface area contributed by atoms with Gasteiger partial charge in [-0.25, -0.2) is 4.79 Å². The van der Waals surface area contributed by atoms with E-state index in [1.54, 1.807) is 0 Å². The van der Waals surface area contributed by atoms with Crippen LogP contribution in [0.3, 0.4) is 0 Å². The molecule has 1 aliphatic heterocycles. The van der Waals surface area contributed by atoms with Crippen LogP contribution in [-0.2, 0) is 11.3 Å². The molecule has 0 radical (unpaired) electrons. The van der Waals surface area contributed by atoms with Crippen LogP contribution in [0.2, 0.25) is 0 Å². The van der Waals surface area contributed by atoms with Gasteiger partial charge in [-0.05, 0) is 48.9 Å². The van der Waals surface area contributed by atoms with Crippen molar-refractivity contribution in [1.82, 2.24) is 14.7 Å². The summed E-state index contributed by atoms with van der Waals surface area (Å²) in [4.78, 5) is 27.6. The summed E-state index contributed by atoms with van der Waals surface area (Å²) in [7, 11) is 0. The molecule has 1 amide bonds. The van der Waals surface area contributed by atoms with Crippen LogP contribution in [0.25, 0.3) is 10.8 Å². The molecule has 1 aliphatic rings. The molecule has 0 N–H and O–H groups in total. The molecule has 2 aromatic heterocycles. The largest absolute Gasteiger partial charge is 0.494 e. The molecule has 152 valence electrons. The number of thiophene rings is 1. The second kappa shape index (κ2) is 8.65. The molecule has 0 bridgehead atoms. The van der Waals surface area contributed by atoms with Gasteiger partial charge in [0.2, 0.25) is 5.91 Å². The second-order valence-corrected chi connectivity index (χ2v) is 7.82. The smallest absolute Gasteiger partial charge is 0.437 e. The van der Waals surface area contributed by atoms with E-state index in [0.29, 0.717) is 12.5 Å². The minimum absolute atomic E-state index is 0.0222. The van der Waals surface area contributed by atoms with Crippen molar-refractivity contribution in [3.8, 4) is 16.5 Å². The zero-order valence-electron chi connectivity index (χ0n) is 16.2. The highest BCUT2D eigenvalue weighted by Gasteiger charge is 2.29.